The third kappa shape index (κ3) is 15.9. The monoisotopic (exact) mass is 464 g/mol. The smallest absolute Gasteiger partial charge is 0.259 e. The summed E-state index contributed by atoms with van der Waals surface area (Å²) in [6.45, 7) is 14.5. The van der Waals surface area contributed by atoms with Crippen molar-refractivity contribution >= 4 is 40.4 Å². The fourth-order valence-corrected chi connectivity index (χ4v) is 2.17. The molecule has 0 rings (SSSR count). The molecular weight excluding hydrogens is 432 g/mol. The molecule has 0 unspecified atom stereocenters. The van der Waals surface area contributed by atoms with Crippen LogP contribution in [0.5, 0.6) is 0 Å². The van der Waals surface area contributed by atoms with Crippen LogP contribution < -0.4 is 31.1 Å². The molecule has 4 amide bonds. The summed E-state index contributed by atoms with van der Waals surface area (Å²) in [6, 6.07) is -0.765. The van der Waals surface area contributed by atoms with Gasteiger partial charge in [-0.3, -0.25) is 20.4 Å². The number of carbonyl (C=O) groups excluding carboxylic acids is 3. The Kier molecular flexibility index (Phi) is 12.5. The first-order valence-corrected chi connectivity index (χ1v) is 10.7. The summed E-state index contributed by atoms with van der Waals surface area (Å²) in [4.78, 5) is 35.1. The zero-order valence-corrected chi connectivity index (χ0v) is 20.1. The predicted molar refractivity (Wildman–Crippen MR) is 118 cm³/mol. The molecule has 6 N–H and O–H groups in total. The minimum atomic E-state index is -0.838. The summed E-state index contributed by atoms with van der Waals surface area (Å²) in [6.07, 6.45) is 0. The fourth-order valence-electron chi connectivity index (χ4n) is 1.20. The van der Waals surface area contributed by atoms with Crippen molar-refractivity contribution in [3.63, 3.8) is 0 Å². The second kappa shape index (κ2) is 13.4. The average Bonchev–Trinajstić information content (AvgIpc) is 2.64. The second-order valence-corrected chi connectivity index (χ2v) is 9.11. The van der Waals surface area contributed by atoms with E-state index in [-0.39, 0.29) is 12.1 Å². The Bertz CT molecular complexity index is 586. The minimum Gasteiger partial charge on any atom is -0.259 e. The van der Waals surface area contributed by atoms with E-state index in [2.05, 4.69) is 51.6 Å². The van der Waals surface area contributed by atoms with Gasteiger partial charge in [-0.05, 0) is 55.4 Å². The molecule has 0 aromatic heterocycles. The maximum atomic E-state index is 11.7. The molecule has 0 aliphatic heterocycles. The highest BCUT2D eigenvalue weighted by Crippen LogP contribution is 2.12. The van der Waals surface area contributed by atoms with E-state index in [1.54, 1.807) is 27.7 Å². The second-order valence-electron chi connectivity index (χ2n) is 7.55. The number of amides is 4. The standard InChI is InChI=1S/C15H32N10O3S2/c1-9(2)16-22-14(5,6)24-29-12(27)20-18-11(26)19-21-13(28)30-25-15(7,8)23-17-10(3)4/h9-10,24-25H,1-8H3,(H,20,27)(H,21,28)(H2,18,19,26). The number of rotatable bonds is 8. The van der Waals surface area contributed by atoms with Crippen LogP contribution in [0.3, 0.4) is 0 Å². The highest BCUT2D eigenvalue weighted by molar-refractivity contribution is 8.12. The number of hydrogen-bond donors (Lipinski definition) is 6. The molecule has 172 valence electrons. The van der Waals surface area contributed by atoms with Crippen molar-refractivity contribution in [1.29, 1.82) is 0 Å². The van der Waals surface area contributed by atoms with Crippen LogP contribution >= 0.6 is 23.9 Å². The maximum Gasteiger partial charge on any atom is 0.352 e. The van der Waals surface area contributed by atoms with E-state index in [9.17, 15) is 14.4 Å². The van der Waals surface area contributed by atoms with Crippen molar-refractivity contribution in [2.45, 2.75) is 78.8 Å². The summed E-state index contributed by atoms with van der Waals surface area (Å²) in [5, 5.41) is 15.0. The molecule has 0 atom stereocenters. The lowest BCUT2D eigenvalue weighted by molar-refractivity contribution is 0.226. The van der Waals surface area contributed by atoms with Crippen LogP contribution in [0.2, 0.25) is 0 Å². The van der Waals surface area contributed by atoms with Gasteiger partial charge in [-0.2, -0.15) is 20.5 Å². The van der Waals surface area contributed by atoms with E-state index in [1.165, 1.54) is 0 Å². The Morgan fingerprint density at radius 3 is 1.30 bits per heavy atom. The Morgan fingerprint density at radius 2 is 1.00 bits per heavy atom. The first kappa shape index (κ1) is 28.0. The van der Waals surface area contributed by atoms with Crippen LogP contribution in [0.15, 0.2) is 20.5 Å². The van der Waals surface area contributed by atoms with Crippen molar-refractivity contribution in [3.8, 4) is 0 Å². The van der Waals surface area contributed by atoms with Gasteiger partial charge in [0.1, 0.15) is 11.3 Å². The van der Waals surface area contributed by atoms with Gasteiger partial charge in [0.25, 0.3) is 0 Å². The van der Waals surface area contributed by atoms with Gasteiger partial charge in [0, 0.05) is 23.9 Å². The summed E-state index contributed by atoms with van der Waals surface area (Å²) < 4.78 is 5.62. The van der Waals surface area contributed by atoms with E-state index >= 15 is 0 Å². The molecule has 0 aromatic rings. The first-order chi connectivity index (χ1) is 13.7. The number of nitrogens with zero attached hydrogens (tertiary/aromatic N) is 4. The molecule has 13 nitrogen and oxygen atoms in total. The molecule has 0 saturated carbocycles. The Labute approximate surface area is 185 Å². The number of carbonyl (C=O) groups is 3. The number of azo groups is 2. The third-order valence-corrected chi connectivity index (χ3v) is 4.20. The largest absolute Gasteiger partial charge is 0.352 e. The van der Waals surface area contributed by atoms with E-state index < -0.39 is 27.8 Å². The molecule has 0 radical (unpaired) electrons. The van der Waals surface area contributed by atoms with Crippen molar-refractivity contribution in [2.75, 3.05) is 0 Å². The molecule has 0 fully saturated rings. The lowest BCUT2D eigenvalue weighted by atomic mass is 10.3. The molecule has 30 heavy (non-hydrogen) atoms. The van der Waals surface area contributed by atoms with Crippen LogP contribution in [0.25, 0.3) is 0 Å². The zero-order valence-electron chi connectivity index (χ0n) is 18.5. The van der Waals surface area contributed by atoms with E-state index in [1.807, 2.05) is 27.7 Å². The van der Waals surface area contributed by atoms with Crippen molar-refractivity contribution in [3.05, 3.63) is 0 Å². The van der Waals surface area contributed by atoms with Gasteiger partial charge in [0.2, 0.25) is 0 Å². The quantitative estimate of drug-likeness (QED) is 0.182. The predicted octanol–water partition coefficient (Wildman–Crippen LogP) is 3.20. The summed E-state index contributed by atoms with van der Waals surface area (Å²) >= 11 is 1.40. The highest BCUT2D eigenvalue weighted by Gasteiger charge is 2.20. The van der Waals surface area contributed by atoms with Gasteiger partial charge >= 0.3 is 16.5 Å². The molecular formula is C15H32N10O3S2. The fraction of sp³-hybridized carbons (Fsp3) is 0.800. The van der Waals surface area contributed by atoms with Crippen LogP contribution in [0, 0.1) is 0 Å². The number of nitrogens with one attached hydrogen (secondary N) is 6. The molecule has 0 aliphatic carbocycles. The van der Waals surface area contributed by atoms with Gasteiger partial charge in [-0.1, -0.05) is 0 Å². The SMILES string of the molecule is CC(C)N=NC(C)(C)NSC(=O)NNC(=O)NNC(=O)SNC(C)(C)N=NC(C)C. The summed E-state index contributed by atoms with van der Waals surface area (Å²) in [5.41, 5.74) is 6.94. The first-order valence-electron chi connectivity index (χ1n) is 9.10. The maximum absolute atomic E-state index is 11.7. The van der Waals surface area contributed by atoms with E-state index in [0.29, 0.717) is 23.9 Å². The van der Waals surface area contributed by atoms with Gasteiger partial charge in [-0.25, -0.2) is 25.1 Å². The molecule has 0 bridgehead atoms. The number of urea groups is 1. The molecule has 15 heteroatoms. The van der Waals surface area contributed by atoms with Gasteiger partial charge in [-0.15, -0.1) is 0 Å². The topological polar surface area (TPSA) is 173 Å². The molecule has 0 aromatic carbocycles. The number of hydrazine groups is 2. The lowest BCUT2D eigenvalue weighted by Crippen LogP contribution is -2.52. The van der Waals surface area contributed by atoms with Crippen LogP contribution in [-0.2, 0) is 0 Å². The van der Waals surface area contributed by atoms with Crippen molar-refractivity contribution in [1.82, 2.24) is 31.1 Å². The minimum absolute atomic E-state index is 0.0364. The van der Waals surface area contributed by atoms with Crippen LogP contribution in [0.4, 0.5) is 14.4 Å². The Balaban J connectivity index is 4.14. The van der Waals surface area contributed by atoms with Gasteiger partial charge in [0.15, 0.2) is 0 Å². The Morgan fingerprint density at radius 1 is 0.667 bits per heavy atom. The van der Waals surface area contributed by atoms with Crippen LogP contribution in [-0.4, -0.2) is 39.9 Å². The third-order valence-electron chi connectivity index (χ3n) is 2.42. The van der Waals surface area contributed by atoms with Crippen molar-refractivity contribution in [2.24, 2.45) is 20.5 Å². The lowest BCUT2D eigenvalue weighted by Gasteiger charge is -2.19. The molecule has 0 aliphatic rings. The average molecular weight is 465 g/mol. The molecule has 0 saturated heterocycles. The zero-order chi connectivity index (χ0) is 23.4. The van der Waals surface area contributed by atoms with Crippen molar-refractivity contribution < 1.29 is 14.4 Å². The number of hydrogen-bond acceptors (Lipinski definition) is 11. The van der Waals surface area contributed by atoms with Gasteiger partial charge < -0.3 is 0 Å². The molecule has 0 heterocycles. The van der Waals surface area contributed by atoms with E-state index in [4.69, 9.17) is 0 Å². The van der Waals surface area contributed by atoms with E-state index in [0.717, 1.165) is 0 Å². The molecule has 0 spiro atoms. The summed E-state index contributed by atoms with van der Waals surface area (Å²) in [7, 11) is 0. The van der Waals surface area contributed by atoms with Crippen LogP contribution in [0.1, 0.15) is 55.4 Å². The van der Waals surface area contributed by atoms with Gasteiger partial charge in [0.05, 0.1) is 12.1 Å². The summed E-state index contributed by atoms with van der Waals surface area (Å²) in [5.74, 6) is 0. The highest BCUT2D eigenvalue weighted by atomic mass is 32.2. The Hall–Kier alpha value is -1.97. The normalized spacial score (nSPS) is 12.6.